The van der Waals surface area contributed by atoms with Crippen molar-refractivity contribution in [3.8, 4) is 34.5 Å². The average Bonchev–Trinajstić information content (AvgIpc) is 2.90. The first-order valence-corrected chi connectivity index (χ1v) is 12.2. The second kappa shape index (κ2) is 11.6. The lowest BCUT2D eigenvalue weighted by molar-refractivity contribution is 0.324. The molecule has 0 bridgehead atoms. The predicted octanol–water partition coefficient (Wildman–Crippen LogP) is 4.71. The molecule has 0 saturated carbocycles. The van der Waals surface area contributed by atoms with Crippen molar-refractivity contribution < 1.29 is 36.8 Å². The number of sulfonamides is 1. The molecule has 192 valence electrons. The number of hydrogen-bond acceptors (Lipinski definition) is 8. The highest BCUT2D eigenvalue weighted by atomic mass is 32.2. The number of hydrogen-bond donors (Lipinski definition) is 1. The predicted molar refractivity (Wildman–Crippen MR) is 138 cm³/mol. The lowest BCUT2D eigenvalue weighted by Crippen LogP contribution is -2.14. The second-order valence-electron chi connectivity index (χ2n) is 7.38. The molecule has 0 radical (unpaired) electrons. The largest absolute Gasteiger partial charge is 0.497 e. The molecule has 10 heteroatoms. The van der Waals surface area contributed by atoms with E-state index in [1.54, 1.807) is 56.7 Å². The monoisotopic (exact) mass is 515 g/mol. The molecule has 3 aromatic carbocycles. The Balaban J connectivity index is 2.01. The van der Waals surface area contributed by atoms with Gasteiger partial charge in [-0.3, -0.25) is 4.72 Å². The number of methoxy groups -OCH3 is 6. The summed E-state index contributed by atoms with van der Waals surface area (Å²) in [6.45, 7) is 0. The first-order chi connectivity index (χ1) is 17.3. The molecule has 0 amide bonds. The van der Waals surface area contributed by atoms with E-state index >= 15 is 0 Å². The summed E-state index contributed by atoms with van der Waals surface area (Å²) >= 11 is 0. The van der Waals surface area contributed by atoms with Gasteiger partial charge in [-0.1, -0.05) is 12.2 Å². The Morgan fingerprint density at radius 3 is 1.53 bits per heavy atom. The standard InChI is InChI=1S/C26H29NO8S/c1-30-19-9-11-20(12-10-19)36(28,29)27-21-13-17(14-22(31-2)25(21)34-5)7-8-18-15-23(32-3)26(35-6)24(16-18)33-4/h7-16,27H,1-6H3/b8-7-. The molecule has 0 heterocycles. The molecule has 3 aromatic rings. The number of ether oxygens (including phenoxy) is 6. The van der Waals surface area contributed by atoms with Crippen LogP contribution < -0.4 is 33.1 Å². The van der Waals surface area contributed by atoms with Crippen molar-refractivity contribution in [2.45, 2.75) is 4.90 Å². The topological polar surface area (TPSA) is 102 Å². The molecule has 0 aliphatic carbocycles. The Bertz CT molecular complexity index is 1310. The average molecular weight is 516 g/mol. The highest BCUT2D eigenvalue weighted by Crippen LogP contribution is 2.40. The van der Waals surface area contributed by atoms with Crippen LogP contribution >= 0.6 is 0 Å². The molecular formula is C26H29NO8S. The summed E-state index contributed by atoms with van der Waals surface area (Å²) in [6.07, 6.45) is 3.63. The molecule has 0 unspecified atom stereocenters. The maximum atomic E-state index is 13.1. The molecule has 9 nitrogen and oxygen atoms in total. The van der Waals surface area contributed by atoms with Gasteiger partial charge in [0.25, 0.3) is 10.0 Å². The third kappa shape index (κ3) is 5.77. The van der Waals surface area contributed by atoms with Crippen LogP contribution in [-0.2, 0) is 10.0 Å². The second-order valence-corrected chi connectivity index (χ2v) is 9.06. The first kappa shape index (κ1) is 26.6. The highest BCUT2D eigenvalue weighted by molar-refractivity contribution is 7.92. The lowest BCUT2D eigenvalue weighted by atomic mass is 10.1. The molecule has 0 fully saturated rings. The van der Waals surface area contributed by atoms with E-state index in [2.05, 4.69) is 4.72 Å². The van der Waals surface area contributed by atoms with Crippen molar-refractivity contribution in [1.82, 2.24) is 0 Å². The number of nitrogens with one attached hydrogen (secondary N) is 1. The van der Waals surface area contributed by atoms with Crippen molar-refractivity contribution in [3.63, 3.8) is 0 Å². The summed E-state index contributed by atoms with van der Waals surface area (Å²) in [5, 5.41) is 0. The van der Waals surface area contributed by atoms with Crippen LogP contribution in [0.3, 0.4) is 0 Å². The molecule has 0 aliphatic heterocycles. The first-order valence-electron chi connectivity index (χ1n) is 10.7. The molecular weight excluding hydrogens is 486 g/mol. The zero-order chi connectivity index (χ0) is 26.3. The van der Waals surface area contributed by atoms with Crippen LogP contribution in [0, 0.1) is 0 Å². The van der Waals surface area contributed by atoms with Gasteiger partial charge in [-0.15, -0.1) is 0 Å². The van der Waals surface area contributed by atoms with E-state index < -0.39 is 10.0 Å². The van der Waals surface area contributed by atoms with Gasteiger partial charge in [-0.2, -0.15) is 0 Å². The van der Waals surface area contributed by atoms with E-state index in [-0.39, 0.29) is 16.3 Å². The lowest BCUT2D eigenvalue weighted by Gasteiger charge is -2.16. The molecule has 0 spiro atoms. The van der Waals surface area contributed by atoms with Crippen LogP contribution in [0.2, 0.25) is 0 Å². The van der Waals surface area contributed by atoms with Gasteiger partial charge in [0.15, 0.2) is 23.0 Å². The molecule has 0 aromatic heterocycles. The van der Waals surface area contributed by atoms with Crippen molar-refractivity contribution >= 4 is 27.9 Å². The van der Waals surface area contributed by atoms with Gasteiger partial charge in [0.2, 0.25) is 5.75 Å². The van der Waals surface area contributed by atoms with Gasteiger partial charge < -0.3 is 28.4 Å². The summed E-state index contributed by atoms with van der Waals surface area (Å²) in [7, 11) is 5.13. The Morgan fingerprint density at radius 2 is 1.08 bits per heavy atom. The normalized spacial score (nSPS) is 11.2. The Labute approximate surface area is 211 Å². The Morgan fingerprint density at radius 1 is 0.611 bits per heavy atom. The SMILES string of the molecule is COc1ccc(S(=O)(=O)Nc2cc(/C=C\c3cc(OC)c(OC)c(OC)c3)cc(OC)c2OC)cc1. The fourth-order valence-electron chi connectivity index (χ4n) is 3.51. The van der Waals surface area contributed by atoms with Crippen LogP contribution in [0.1, 0.15) is 11.1 Å². The van der Waals surface area contributed by atoms with Crippen molar-refractivity contribution in [2.75, 3.05) is 47.4 Å². The fraction of sp³-hybridized carbons (Fsp3) is 0.231. The van der Waals surface area contributed by atoms with E-state index in [4.69, 9.17) is 28.4 Å². The summed E-state index contributed by atoms with van der Waals surface area (Å²) in [5.41, 5.74) is 1.66. The molecule has 0 atom stereocenters. The summed E-state index contributed by atoms with van der Waals surface area (Å²) in [5.74, 6) is 2.66. The van der Waals surface area contributed by atoms with Gasteiger partial charge >= 0.3 is 0 Å². The van der Waals surface area contributed by atoms with Crippen LogP contribution in [0.25, 0.3) is 12.2 Å². The quantitative estimate of drug-likeness (QED) is 0.367. The fourth-order valence-corrected chi connectivity index (χ4v) is 4.56. The zero-order valence-electron chi connectivity index (χ0n) is 20.9. The minimum absolute atomic E-state index is 0.0719. The molecule has 36 heavy (non-hydrogen) atoms. The van der Waals surface area contributed by atoms with Crippen LogP contribution in [0.4, 0.5) is 5.69 Å². The van der Waals surface area contributed by atoms with Gasteiger partial charge in [-0.05, 0) is 59.7 Å². The molecule has 0 aliphatic rings. The number of rotatable bonds is 11. The van der Waals surface area contributed by atoms with Crippen LogP contribution in [-0.4, -0.2) is 51.1 Å². The minimum Gasteiger partial charge on any atom is -0.497 e. The van der Waals surface area contributed by atoms with E-state index in [9.17, 15) is 8.42 Å². The van der Waals surface area contributed by atoms with E-state index in [1.165, 1.54) is 40.6 Å². The van der Waals surface area contributed by atoms with Crippen LogP contribution in [0.15, 0.2) is 53.4 Å². The highest BCUT2D eigenvalue weighted by Gasteiger charge is 2.20. The summed E-state index contributed by atoms with van der Waals surface area (Å²) in [6, 6.07) is 13.0. The third-order valence-corrected chi connectivity index (χ3v) is 6.65. The maximum absolute atomic E-state index is 13.1. The van der Waals surface area contributed by atoms with Crippen molar-refractivity contribution in [3.05, 3.63) is 59.7 Å². The van der Waals surface area contributed by atoms with Crippen molar-refractivity contribution in [1.29, 1.82) is 0 Å². The van der Waals surface area contributed by atoms with Gasteiger partial charge in [0.1, 0.15) is 5.75 Å². The molecule has 0 saturated heterocycles. The van der Waals surface area contributed by atoms with E-state index in [1.807, 2.05) is 6.08 Å². The zero-order valence-corrected chi connectivity index (χ0v) is 21.8. The minimum atomic E-state index is -3.92. The third-order valence-electron chi connectivity index (χ3n) is 5.27. The summed E-state index contributed by atoms with van der Waals surface area (Å²) < 4.78 is 60.9. The smallest absolute Gasteiger partial charge is 0.262 e. The van der Waals surface area contributed by atoms with Gasteiger partial charge in [0, 0.05) is 0 Å². The van der Waals surface area contributed by atoms with Gasteiger partial charge in [0.05, 0.1) is 53.2 Å². The Hall–Kier alpha value is -4.05. The molecule has 1 N–H and O–H groups in total. The van der Waals surface area contributed by atoms with Crippen molar-refractivity contribution in [2.24, 2.45) is 0 Å². The van der Waals surface area contributed by atoms with Gasteiger partial charge in [-0.25, -0.2) is 8.42 Å². The maximum Gasteiger partial charge on any atom is 0.262 e. The number of benzene rings is 3. The Kier molecular flexibility index (Phi) is 8.55. The van der Waals surface area contributed by atoms with Crippen LogP contribution in [0.5, 0.6) is 34.5 Å². The number of anilines is 1. The summed E-state index contributed by atoms with van der Waals surface area (Å²) in [4.78, 5) is 0.0719. The van der Waals surface area contributed by atoms with E-state index in [0.29, 0.717) is 34.3 Å². The van der Waals surface area contributed by atoms with E-state index in [0.717, 1.165) is 5.56 Å². The molecule has 3 rings (SSSR count).